The molecule has 2 rings (SSSR count). The topological polar surface area (TPSA) is 12.5 Å². The van der Waals surface area contributed by atoms with Crippen LogP contribution < -0.4 is 4.90 Å². The molecule has 100 valence electrons. The summed E-state index contributed by atoms with van der Waals surface area (Å²) in [5.41, 5.74) is 1.27. The smallest absolute Gasteiger partial charge is 0.146 e. The maximum atomic E-state index is 14.0. The molecule has 0 amide bonds. The zero-order valence-corrected chi connectivity index (χ0v) is 11.6. The molecule has 1 aliphatic heterocycles. The van der Waals surface area contributed by atoms with Gasteiger partial charge in [-0.3, -0.25) is 0 Å². The number of ether oxygens (including phenoxy) is 1. The van der Waals surface area contributed by atoms with Crippen LogP contribution in [0, 0.1) is 5.82 Å². The van der Waals surface area contributed by atoms with E-state index in [1.54, 1.807) is 7.11 Å². The highest BCUT2D eigenvalue weighted by atomic mass is 35.5. The summed E-state index contributed by atoms with van der Waals surface area (Å²) >= 11 is 5.70. The number of piperidine rings is 1. The van der Waals surface area contributed by atoms with E-state index in [1.807, 2.05) is 12.1 Å². The van der Waals surface area contributed by atoms with Gasteiger partial charge in [-0.25, -0.2) is 4.39 Å². The monoisotopic (exact) mass is 271 g/mol. The molecule has 1 aromatic carbocycles. The van der Waals surface area contributed by atoms with Gasteiger partial charge in [-0.15, -0.1) is 11.6 Å². The highest BCUT2D eigenvalue weighted by molar-refractivity contribution is 6.17. The molecule has 1 unspecified atom stereocenters. The SMILES string of the molecule is COC1(C)CCCN(c2ccc(CCl)cc2F)C1. The summed E-state index contributed by atoms with van der Waals surface area (Å²) < 4.78 is 19.6. The number of benzene rings is 1. The second kappa shape index (κ2) is 5.45. The van der Waals surface area contributed by atoms with Crippen LogP contribution in [-0.4, -0.2) is 25.8 Å². The zero-order valence-electron chi connectivity index (χ0n) is 10.9. The van der Waals surface area contributed by atoms with Crippen molar-refractivity contribution in [2.45, 2.75) is 31.2 Å². The Labute approximate surface area is 113 Å². The Morgan fingerprint density at radius 1 is 1.50 bits per heavy atom. The first-order valence-electron chi connectivity index (χ1n) is 6.22. The lowest BCUT2D eigenvalue weighted by molar-refractivity contribution is -0.00476. The predicted molar refractivity (Wildman–Crippen MR) is 72.8 cm³/mol. The van der Waals surface area contributed by atoms with Crippen LogP contribution in [0.15, 0.2) is 18.2 Å². The van der Waals surface area contributed by atoms with Gasteiger partial charge in [0.05, 0.1) is 11.3 Å². The number of nitrogens with zero attached hydrogens (tertiary/aromatic N) is 1. The van der Waals surface area contributed by atoms with E-state index in [-0.39, 0.29) is 11.4 Å². The van der Waals surface area contributed by atoms with Gasteiger partial charge in [0.25, 0.3) is 0 Å². The van der Waals surface area contributed by atoms with Gasteiger partial charge >= 0.3 is 0 Å². The van der Waals surface area contributed by atoms with Crippen molar-refractivity contribution in [1.29, 1.82) is 0 Å². The number of hydrogen-bond acceptors (Lipinski definition) is 2. The Bertz CT molecular complexity index is 426. The fourth-order valence-electron chi connectivity index (χ4n) is 2.47. The molecular formula is C14H19ClFNO. The lowest BCUT2D eigenvalue weighted by Crippen LogP contribution is -2.47. The second-order valence-electron chi connectivity index (χ2n) is 5.10. The Morgan fingerprint density at radius 2 is 2.28 bits per heavy atom. The molecule has 4 heteroatoms. The first-order valence-corrected chi connectivity index (χ1v) is 6.76. The Hall–Kier alpha value is -0.800. The molecular weight excluding hydrogens is 253 g/mol. The van der Waals surface area contributed by atoms with E-state index < -0.39 is 0 Å². The average Bonchev–Trinajstić information content (AvgIpc) is 2.38. The van der Waals surface area contributed by atoms with Crippen LogP contribution >= 0.6 is 11.6 Å². The quantitative estimate of drug-likeness (QED) is 0.780. The molecule has 0 aromatic heterocycles. The van der Waals surface area contributed by atoms with Crippen LogP contribution in [0.4, 0.5) is 10.1 Å². The first kappa shape index (κ1) is 13.6. The molecule has 2 nitrogen and oxygen atoms in total. The number of anilines is 1. The molecule has 0 radical (unpaired) electrons. The summed E-state index contributed by atoms with van der Waals surface area (Å²) in [7, 11) is 1.72. The largest absolute Gasteiger partial charge is 0.377 e. The van der Waals surface area contributed by atoms with E-state index >= 15 is 0 Å². The summed E-state index contributed by atoms with van der Waals surface area (Å²) in [6.45, 7) is 3.67. The Morgan fingerprint density at radius 3 is 2.89 bits per heavy atom. The van der Waals surface area contributed by atoms with Crippen molar-refractivity contribution in [1.82, 2.24) is 0 Å². The van der Waals surface area contributed by atoms with Crippen LogP contribution in [0.1, 0.15) is 25.3 Å². The second-order valence-corrected chi connectivity index (χ2v) is 5.37. The van der Waals surface area contributed by atoms with Crippen molar-refractivity contribution in [3.8, 4) is 0 Å². The van der Waals surface area contributed by atoms with Crippen molar-refractivity contribution in [3.05, 3.63) is 29.6 Å². The Balaban J connectivity index is 2.21. The van der Waals surface area contributed by atoms with Crippen LogP contribution in [0.5, 0.6) is 0 Å². The highest BCUT2D eigenvalue weighted by Gasteiger charge is 2.31. The summed E-state index contributed by atoms with van der Waals surface area (Å²) in [6, 6.07) is 5.21. The maximum absolute atomic E-state index is 14.0. The molecule has 1 saturated heterocycles. The minimum absolute atomic E-state index is 0.185. The van der Waals surface area contributed by atoms with Crippen molar-refractivity contribution >= 4 is 17.3 Å². The predicted octanol–water partition coefficient (Wildman–Crippen LogP) is 3.57. The zero-order chi connectivity index (χ0) is 13.2. The molecule has 1 atom stereocenters. The van der Waals surface area contributed by atoms with Gasteiger partial charge in [0.15, 0.2) is 0 Å². The number of rotatable bonds is 3. The molecule has 1 fully saturated rings. The lowest BCUT2D eigenvalue weighted by Gasteiger charge is -2.40. The van der Waals surface area contributed by atoms with Crippen LogP contribution in [0.2, 0.25) is 0 Å². The molecule has 0 aliphatic carbocycles. The third-order valence-electron chi connectivity index (χ3n) is 3.66. The van der Waals surface area contributed by atoms with Crippen molar-refractivity contribution in [3.63, 3.8) is 0 Å². The van der Waals surface area contributed by atoms with E-state index in [4.69, 9.17) is 16.3 Å². The molecule has 1 aromatic rings. The van der Waals surface area contributed by atoms with Gasteiger partial charge in [-0.05, 0) is 37.5 Å². The van der Waals surface area contributed by atoms with Crippen LogP contribution in [0.3, 0.4) is 0 Å². The first-order chi connectivity index (χ1) is 8.58. The van der Waals surface area contributed by atoms with Crippen molar-refractivity contribution in [2.24, 2.45) is 0 Å². The van der Waals surface area contributed by atoms with Gasteiger partial charge in [0, 0.05) is 26.1 Å². The van der Waals surface area contributed by atoms with E-state index in [9.17, 15) is 4.39 Å². The van der Waals surface area contributed by atoms with Crippen molar-refractivity contribution < 1.29 is 9.13 Å². The van der Waals surface area contributed by atoms with E-state index in [2.05, 4.69) is 11.8 Å². The van der Waals surface area contributed by atoms with E-state index in [0.29, 0.717) is 11.6 Å². The van der Waals surface area contributed by atoms with Gasteiger partial charge in [-0.1, -0.05) is 6.07 Å². The molecule has 18 heavy (non-hydrogen) atoms. The minimum atomic E-state index is -0.200. The van der Waals surface area contributed by atoms with Gasteiger partial charge in [0.2, 0.25) is 0 Å². The van der Waals surface area contributed by atoms with E-state index in [1.165, 1.54) is 6.07 Å². The van der Waals surface area contributed by atoms with Gasteiger partial charge in [-0.2, -0.15) is 0 Å². The molecule has 0 spiro atoms. The highest BCUT2D eigenvalue weighted by Crippen LogP contribution is 2.30. The molecule has 1 heterocycles. The van der Waals surface area contributed by atoms with Crippen LogP contribution in [0.25, 0.3) is 0 Å². The summed E-state index contributed by atoms with van der Waals surface area (Å²) in [4.78, 5) is 2.06. The van der Waals surface area contributed by atoms with E-state index in [0.717, 1.165) is 31.5 Å². The summed E-state index contributed by atoms with van der Waals surface area (Å²) in [6.07, 6.45) is 2.03. The van der Waals surface area contributed by atoms with Crippen molar-refractivity contribution in [2.75, 3.05) is 25.1 Å². The average molecular weight is 272 g/mol. The van der Waals surface area contributed by atoms with Gasteiger partial charge < -0.3 is 9.64 Å². The standard InChI is InChI=1S/C14H19ClFNO/c1-14(18-2)6-3-7-17(10-14)13-5-4-11(9-15)8-12(13)16/h4-5,8H,3,6-7,9-10H2,1-2H3. The number of halogens is 2. The van der Waals surface area contributed by atoms with Gasteiger partial charge in [0.1, 0.15) is 5.82 Å². The number of hydrogen-bond donors (Lipinski definition) is 0. The molecule has 1 aliphatic rings. The third kappa shape index (κ3) is 2.78. The Kier molecular flexibility index (Phi) is 4.13. The maximum Gasteiger partial charge on any atom is 0.146 e. The normalized spacial score (nSPS) is 24.3. The lowest BCUT2D eigenvalue weighted by atomic mass is 9.94. The minimum Gasteiger partial charge on any atom is -0.377 e. The fraction of sp³-hybridized carbons (Fsp3) is 0.571. The third-order valence-corrected chi connectivity index (χ3v) is 3.97. The molecule has 0 bridgehead atoms. The molecule has 0 N–H and O–H groups in total. The molecule has 0 saturated carbocycles. The van der Waals surface area contributed by atoms with Crippen LogP contribution in [-0.2, 0) is 10.6 Å². The number of methoxy groups -OCH3 is 1. The summed E-state index contributed by atoms with van der Waals surface area (Å²) in [5.74, 6) is 0.140. The fourth-order valence-corrected chi connectivity index (χ4v) is 2.63. The number of alkyl halides is 1. The summed E-state index contributed by atoms with van der Waals surface area (Å²) in [5, 5.41) is 0.